The number of rotatable bonds is 7. The van der Waals surface area contributed by atoms with Crippen molar-refractivity contribution in [2.45, 2.75) is 45.1 Å². The van der Waals surface area contributed by atoms with Crippen LogP contribution in [0.5, 0.6) is 0 Å². The van der Waals surface area contributed by atoms with Gasteiger partial charge in [-0.25, -0.2) is 0 Å². The van der Waals surface area contributed by atoms with Gasteiger partial charge in [0.05, 0.1) is 6.10 Å². The van der Waals surface area contributed by atoms with Gasteiger partial charge in [-0.05, 0) is 43.2 Å². The van der Waals surface area contributed by atoms with E-state index in [0.29, 0.717) is 17.9 Å². The van der Waals surface area contributed by atoms with Crippen molar-refractivity contribution in [3.63, 3.8) is 0 Å². The number of nitrogens with one attached hydrogen (secondary N) is 1. The predicted molar refractivity (Wildman–Crippen MR) is 80.5 cm³/mol. The van der Waals surface area contributed by atoms with Crippen LogP contribution in [0.15, 0.2) is 30.3 Å². The Morgan fingerprint density at radius 3 is 2.68 bits per heavy atom. The lowest BCUT2D eigenvalue weighted by atomic mass is 9.88. The molecule has 1 aliphatic rings. The second-order valence-electron chi connectivity index (χ2n) is 5.89. The van der Waals surface area contributed by atoms with Crippen molar-refractivity contribution in [1.82, 2.24) is 5.32 Å². The molecule has 0 radical (unpaired) electrons. The van der Waals surface area contributed by atoms with E-state index in [1.807, 2.05) is 0 Å². The normalized spacial score (nSPS) is 20.9. The van der Waals surface area contributed by atoms with Gasteiger partial charge in [0.2, 0.25) is 0 Å². The summed E-state index contributed by atoms with van der Waals surface area (Å²) in [5.41, 5.74) is 1.45. The maximum Gasteiger partial charge on any atom is 0.0588 e. The average molecular weight is 261 g/mol. The van der Waals surface area contributed by atoms with E-state index in [9.17, 15) is 0 Å². The molecule has 0 aliphatic carbocycles. The van der Waals surface area contributed by atoms with Crippen molar-refractivity contribution in [2.75, 3.05) is 19.7 Å². The van der Waals surface area contributed by atoms with Crippen LogP contribution in [0, 0.1) is 5.92 Å². The Bertz CT molecular complexity index is 344. The molecule has 1 aliphatic heterocycles. The summed E-state index contributed by atoms with van der Waals surface area (Å²) in [5.74, 6) is 1.27. The minimum absolute atomic E-state index is 0.502. The fourth-order valence-electron chi connectivity index (χ4n) is 2.83. The van der Waals surface area contributed by atoms with Crippen molar-refractivity contribution in [3.05, 3.63) is 35.9 Å². The van der Waals surface area contributed by atoms with Gasteiger partial charge in [0.25, 0.3) is 0 Å². The molecule has 0 bridgehead atoms. The van der Waals surface area contributed by atoms with Crippen LogP contribution in [0.25, 0.3) is 0 Å². The van der Waals surface area contributed by atoms with E-state index in [1.165, 1.54) is 18.4 Å². The van der Waals surface area contributed by atoms with E-state index < -0.39 is 0 Å². The molecule has 0 spiro atoms. The summed E-state index contributed by atoms with van der Waals surface area (Å²) in [6.07, 6.45) is 4.14. The average Bonchev–Trinajstić information content (AvgIpc) is 2.92. The summed E-state index contributed by atoms with van der Waals surface area (Å²) in [5, 5.41) is 3.61. The van der Waals surface area contributed by atoms with Crippen molar-refractivity contribution in [1.29, 1.82) is 0 Å². The van der Waals surface area contributed by atoms with Crippen LogP contribution in [-0.4, -0.2) is 25.8 Å². The lowest BCUT2D eigenvalue weighted by molar-refractivity contribution is 0.104. The van der Waals surface area contributed by atoms with Crippen LogP contribution in [0.3, 0.4) is 0 Å². The third-order valence-corrected chi connectivity index (χ3v) is 4.06. The second kappa shape index (κ2) is 7.66. The smallest absolute Gasteiger partial charge is 0.0588 e. The highest BCUT2D eigenvalue weighted by molar-refractivity contribution is 5.20. The van der Waals surface area contributed by atoms with Gasteiger partial charge in [0, 0.05) is 13.2 Å². The van der Waals surface area contributed by atoms with Crippen LogP contribution < -0.4 is 5.32 Å². The summed E-state index contributed by atoms with van der Waals surface area (Å²) in [4.78, 5) is 0. The monoisotopic (exact) mass is 261 g/mol. The van der Waals surface area contributed by atoms with Gasteiger partial charge in [-0.3, -0.25) is 0 Å². The van der Waals surface area contributed by atoms with E-state index in [2.05, 4.69) is 49.5 Å². The molecule has 1 N–H and O–H groups in total. The largest absolute Gasteiger partial charge is 0.378 e. The first-order valence-electron chi connectivity index (χ1n) is 7.64. The van der Waals surface area contributed by atoms with E-state index in [-0.39, 0.29) is 0 Å². The number of benzene rings is 1. The van der Waals surface area contributed by atoms with Gasteiger partial charge >= 0.3 is 0 Å². The zero-order valence-electron chi connectivity index (χ0n) is 12.3. The molecule has 1 aromatic rings. The molecule has 2 rings (SSSR count). The Balaban J connectivity index is 1.74. The third-order valence-electron chi connectivity index (χ3n) is 4.06. The molecule has 1 fully saturated rings. The molecule has 2 nitrogen and oxygen atoms in total. The SMILES string of the molecule is CC(C)C(CNCCC1CCCO1)c1ccccc1. The molecule has 0 saturated carbocycles. The first-order chi connectivity index (χ1) is 9.27. The Hall–Kier alpha value is -0.860. The van der Waals surface area contributed by atoms with Crippen molar-refractivity contribution in [3.8, 4) is 0 Å². The van der Waals surface area contributed by atoms with E-state index in [1.54, 1.807) is 0 Å². The Labute approximate surface area is 117 Å². The second-order valence-corrected chi connectivity index (χ2v) is 5.89. The quantitative estimate of drug-likeness (QED) is 0.757. The topological polar surface area (TPSA) is 21.3 Å². The molecular formula is C17H27NO. The van der Waals surface area contributed by atoms with Gasteiger partial charge in [0.15, 0.2) is 0 Å². The summed E-state index contributed by atoms with van der Waals surface area (Å²) in [7, 11) is 0. The zero-order chi connectivity index (χ0) is 13.5. The number of ether oxygens (including phenoxy) is 1. The van der Waals surface area contributed by atoms with Crippen LogP contribution >= 0.6 is 0 Å². The number of hydrogen-bond donors (Lipinski definition) is 1. The van der Waals surface area contributed by atoms with Gasteiger partial charge in [-0.1, -0.05) is 44.2 Å². The molecule has 1 aromatic carbocycles. The fourth-order valence-corrected chi connectivity index (χ4v) is 2.83. The van der Waals surface area contributed by atoms with Gasteiger partial charge in [-0.15, -0.1) is 0 Å². The molecule has 2 heteroatoms. The Morgan fingerprint density at radius 2 is 2.05 bits per heavy atom. The van der Waals surface area contributed by atoms with Crippen molar-refractivity contribution in [2.24, 2.45) is 5.92 Å². The first kappa shape index (κ1) is 14.5. The minimum atomic E-state index is 0.502. The number of hydrogen-bond acceptors (Lipinski definition) is 2. The molecule has 19 heavy (non-hydrogen) atoms. The predicted octanol–water partition coefficient (Wildman–Crippen LogP) is 3.58. The maximum absolute atomic E-state index is 5.65. The fraction of sp³-hybridized carbons (Fsp3) is 0.647. The summed E-state index contributed by atoms with van der Waals surface area (Å²) >= 11 is 0. The lowest BCUT2D eigenvalue weighted by Gasteiger charge is -2.22. The van der Waals surface area contributed by atoms with E-state index in [0.717, 1.165) is 26.1 Å². The first-order valence-corrected chi connectivity index (χ1v) is 7.64. The Morgan fingerprint density at radius 1 is 1.26 bits per heavy atom. The summed E-state index contributed by atoms with van der Waals surface area (Å²) < 4.78 is 5.65. The van der Waals surface area contributed by atoms with E-state index >= 15 is 0 Å². The molecule has 0 amide bonds. The summed E-state index contributed by atoms with van der Waals surface area (Å²) in [6.45, 7) is 7.71. The maximum atomic E-state index is 5.65. The molecular weight excluding hydrogens is 234 g/mol. The molecule has 2 unspecified atom stereocenters. The lowest BCUT2D eigenvalue weighted by Crippen LogP contribution is -2.27. The zero-order valence-corrected chi connectivity index (χ0v) is 12.3. The third kappa shape index (κ3) is 4.63. The van der Waals surface area contributed by atoms with Crippen LogP contribution in [0.2, 0.25) is 0 Å². The van der Waals surface area contributed by atoms with Crippen LogP contribution in [0.4, 0.5) is 0 Å². The van der Waals surface area contributed by atoms with Gasteiger partial charge in [0.1, 0.15) is 0 Å². The highest BCUT2D eigenvalue weighted by Crippen LogP contribution is 2.23. The molecule has 0 aromatic heterocycles. The molecule has 2 atom stereocenters. The van der Waals surface area contributed by atoms with Crippen molar-refractivity contribution >= 4 is 0 Å². The minimum Gasteiger partial charge on any atom is -0.378 e. The molecule has 106 valence electrons. The van der Waals surface area contributed by atoms with Crippen LogP contribution in [-0.2, 0) is 4.74 Å². The highest BCUT2D eigenvalue weighted by atomic mass is 16.5. The molecule has 1 heterocycles. The van der Waals surface area contributed by atoms with Gasteiger partial charge in [-0.2, -0.15) is 0 Å². The van der Waals surface area contributed by atoms with Crippen LogP contribution in [0.1, 0.15) is 44.6 Å². The summed E-state index contributed by atoms with van der Waals surface area (Å²) in [6, 6.07) is 10.8. The molecule has 1 saturated heterocycles. The van der Waals surface area contributed by atoms with Gasteiger partial charge < -0.3 is 10.1 Å². The van der Waals surface area contributed by atoms with Crippen molar-refractivity contribution < 1.29 is 4.74 Å². The Kier molecular flexibility index (Phi) is 5.87. The highest BCUT2D eigenvalue weighted by Gasteiger charge is 2.17. The standard InChI is InChI=1S/C17H27NO/c1-14(2)17(15-7-4-3-5-8-15)13-18-11-10-16-9-6-12-19-16/h3-5,7-8,14,16-18H,6,9-13H2,1-2H3. The van der Waals surface area contributed by atoms with E-state index in [4.69, 9.17) is 4.74 Å².